The second-order valence-electron chi connectivity index (χ2n) is 4.93. The summed E-state index contributed by atoms with van der Waals surface area (Å²) in [6.45, 7) is 2.28. The number of hydrogen-bond donors (Lipinski definition) is 2. The Labute approximate surface area is 132 Å². The first kappa shape index (κ1) is 15.0. The molecule has 0 bridgehead atoms. The van der Waals surface area contributed by atoms with E-state index in [0.29, 0.717) is 23.7 Å². The van der Waals surface area contributed by atoms with E-state index in [1.165, 1.54) is 6.07 Å². The van der Waals surface area contributed by atoms with E-state index in [4.69, 9.17) is 15.0 Å². The molecule has 3 N–H and O–H groups in total. The van der Waals surface area contributed by atoms with Crippen molar-refractivity contribution in [1.82, 2.24) is 19.9 Å². The Morgan fingerprint density at radius 3 is 2.91 bits per heavy atom. The first-order valence-electron chi connectivity index (χ1n) is 7.13. The van der Waals surface area contributed by atoms with Crippen LogP contribution < -0.4 is 10.5 Å². The zero-order valence-corrected chi connectivity index (χ0v) is 12.8. The number of phenols is 1. The van der Waals surface area contributed by atoms with Gasteiger partial charge >= 0.3 is 0 Å². The van der Waals surface area contributed by atoms with Crippen LogP contribution in [0.1, 0.15) is 24.6 Å². The van der Waals surface area contributed by atoms with Gasteiger partial charge in [-0.1, -0.05) is 5.16 Å². The summed E-state index contributed by atoms with van der Waals surface area (Å²) in [7, 11) is 1.79. The minimum atomic E-state index is -0.563. The Hall–Kier alpha value is -2.87. The van der Waals surface area contributed by atoms with Crippen molar-refractivity contribution < 1.29 is 14.4 Å². The lowest BCUT2D eigenvalue weighted by Gasteiger charge is -2.07. The van der Waals surface area contributed by atoms with Gasteiger partial charge in [-0.3, -0.25) is 4.68 Å². The fourth-order valence-electron chi connectivity index (χ4n) is 2.22. The molecule has 0 aliphatic carbocycles. The van der Waals surface area contributed by atoms with Gasteiger partial charge in [-0.05, 0) is 31.2 Å². The monoisotopic (exact) mass is 315 g/mol. The number of nitrogens with two attached hydrogens (primary N) is 1. The number of aryl methyl sites for hydroxylation is 1. The number of phenolic OH excluding ortho intramolecular Hbond substituents is 1. The molecule has 8 nitrogen and oxygen atoms in total. The summed E-state index contributed by atoms with van der Waals surface area (Å²) in [6, 6.07) is 6.09. The highest BCUT2D eigenvalue weighted by Crippen LogP contribution is 2.31. The summed E-state index contributed by atoms with van der Waals surface area (Å²) in [4.78, 5) is 4.33. The number of aromatic hydroxyl groups is 1. The molecule has 2 aromatic heterocycles. The van der Waals surface area contributed by atoms with E-state index in [2.05, 4.69) is 15.2 Å². The van der Waals surface area contributed by atoms with Gasteiger partial charge < -0.3 is 20.1 Å². The molecule has 3 rings (SSSR count). The Bertz CT molecular complexity index is 811. The predicted molar refractivity (Wildman–Crippen MR) is 81.8 cm³/mol. The number of rotatable bonds is 5. The van der Waals surface area contributed by atoms with Gasteiger partial charge in [-0.25, -0.2) is 0 Å². The number of aromatic nitrogens is 4. The van der Waals surface area contributed by atoms with E-state index < -0.39 is 6.04 Å². The lowest BCUT2D eigenvalue weighted by atomic mass is 10.2. The van der Waals surface area contributed by atoms with Crippen LogP contribution in [0.15, 0.2) is 35.0 Å². The largest absolute Gasteiger partial charge is 0.504 e. The molecule has 23 heavy (non-hydrogen) atoms. The SMILES string of the molecule is CCOc1cc(-c2noc(C(N)c3ccnn3C)n2)ccc1O. The first-order chi connectivity index (χ1) is 11.1. The molecule has 0 spiro atoms. The first-order valence-corrected chi connectivity index (χ1v) is 7.13. The third-order valence-electron chi connectivity index (χ3n) is 3.40. The average Bonchev–Trinajstić information content (AvgIpc) is 3.18. The van der Waals surface area contributed by atoms with Crippen LogP contribution in [0.5, 0.6) is 11.5 Å². The minimum absolute atomic E-state index is 0.0610. The van der Waals surface area contributed by atoms with E-state index in [1.54, 1.807) is 36.1 Å². The van der Waals surface area contributed by atoms with E-state index >= 15 is 0 Å². The number of hydrogen-bond acceptors (Lipinski definition) is 7. The Morgan fingerprint density at radius 1 is 1.39 bits per heavy atom. The normalized spacial score (nSPS) is 12.3. The molecule has 1 atom stereocenters. The van der Waals surface area contributed by atoms with Gasteiger partial charge in [0.2, 0.25) is 11.7 Å². The summed E-state index contributed by atoms with van der Waals surface area (Å²) < 4.78 is 12.3. The van der Waals surface area contributed by atoms with Crippen LogP contribution in [0.4, 0.5) is 0 Å². The fraction of sp³-hybridized carbons (Fsp3) is 0.267. The lowest BCUT2D eigenvalue weighted by molar-refractivity contribution is 0.318. The second kappa shape index (κ2) is 6.09. The summed E-state index contributed by atoms with van der Waals surface area (Å²) >= 11 is 0. The van der Waals surface area contributed by atoms with Crippen molar-refractivity contribution in [2.45, 2.75) is 13.0 Å². The van der Waals surface area contributed by atoms with Crippen molar-refractivity contribution in [1.29, 1.82) is 0 Å². The maximum absolute atomic E-state index is 9.74. The third kappa shape index (κ3) is 2.88. The van der Waals surface area contributed by atoms with Crippen LogP contribution in [0.3, 0.4) is 0 Å². The van der Waals surface area contributed by atoms with Gasteiger partial charge in [-0.15, -0.1) is 0 Å². The molecular weight excluding hydrogens is 298 g/mol. The standard InChI is InChI=1S/C15H17N5O3/c1-3-22-12-8-9(4-5-11(12)21)14-18-15(23-19-14)13(16)10-6-7-17-20(10)2/h4-8,13,21H,3,16H2,1-2H3. The van der Waals surface area contributed by atoms with Crippen molar-refractivity contribution in [3.63, 3.8) is 0 Å². The summed E-state index contributed by atoms with van der Waals surface area (Å²) in [5.41, 5.74) is 7.56. The summed E-state index contributed by atoms with van der Waals surface area (Å²) in [6.07, 6.45) is 1.65. The zero-order valence-electron chi connectivity index (χ0n) is 12.8. The molecule has 0 fully saturated rings. The van der Waals surface area contributed by atoms with E-state index in [9.17, 15) is 5.11 Å². The molecule has 3 aromatic rings. The molecular formula is C15H17N5O3. The number of nitrogens with zero attached hydrogens (tertiary/aromatic N) is 4. The predicted octanol–water partition coefficient (Wildman–Crippen LogP) is 1.62. The van der Waals surface area contributed by atoms with E-state index in [0.717, 1.165) is 5.69 Å². The molecule has 2 heterocycles. The van der Waals surface area contributed by atoms with Crippen LogP contribution in [0, 0.1) is 0 Å². The summed E-state index contributed by atoms with van der Waals surface area (Å²) in [5.74, 6) is 1.09. The highest BCUT2D eigenvalue weighted by molar-refractivity contribution is 5.60. The van der Waals surface area contributed by atoms with Crippen LogP contribution in [-0.2, 0) is 7.05 Å². The molecule has 1 aromatic carbocycles. The van der Waals surface area contributed by atoms with Gasteiger partial charge in [0.1, 0.15) is 6.04 Å². The summed E-state index contributed by atoms with van der Waals surface area (Å²) in [5, 5.41) is 17.8. The molecule has 0 aliphatic heterocycles. The van der Waals surface area contributed by atoms with E-state index in [-0.39, 0.29) is 11.6 Å². The van der Waals surface area contributed by atoms with E-state index in [1.807, 2.05) is 6.92 Å². The minimum Gasteiger partial charge on any atom is -0.504 e. The average molecular weight is 315 g/mol. The molecule has 0 saturated heterocycles. The third-order valence-corrected chi connectivity index (χ3v) is 3.40. The van der Waals surface area contributed by atoms with Gasteiger partial charge in [-0.2, -0.15) is 10.1 Å². The van der Waals surface area contributed by atoms with Crippen molar-refractivity contribution in [2.24, 2.45) is 12.8 Å². The Balaban J connectivity index is 1.90. The van der Waals surface area contributed by atoms with Crippen LogP contribution in [0.25, 0.3) is 11.4 Å². The zero-order chi connectivity index (χ0) is 16.4. The quantitative estimate of drug-likeness (QED) is 0.735. The molecule has 0 saturated carbocycles. The van der Waals surface area contributed by atoms with Gasteiger partial charge in [0, 0.05) is 18.8 Å². The van der Waals surface area contributed by atoms with Crippen molar-refractivity contribution in [2.75, 3.05) is 6.61 Å². The topological polar surface area (TPSA) is 112 Å². The lowest BCUT2D eigenvalue weighted by Crippen LogP contribution is -2.16. The Kier molecular flexibility index (Phi) is 3.98. The fourth-order valence-corrected chi connectivity index (χ4v) is 2.22. The highest BCUT2D eigenvalue weighted by atomic mass is 16.5. The maximum atomic E-state index is 9.74. The maximum Gasteiger partial charge on any atom is 0.250 e. The molecule has 120 valence electrons. The molecule has 1 unspecified atom stereocenters. The van der Waals surface area contributed by atoms with Crippen molar-refractivity contribution in [3.8, 4) is 22.9 Å². The van der Waals surface area contributed by atoms with Gasteiger partial charge in [0.15, 0.2) is 11.5 Å². The second-order valence-corrected chi connectivity index (χ2v) is 4.93. The Morgan fingerprint density at radius 2 is 2.22 bits per heavy atom. The molecule has 0 aliphatic rings. The number of benzene rings is 1. The van der Waals surface area contributed by atoms with Gasteiger partial charge in [0.05, 0.1) is 12.3 Å². The molecule has 8 heteroatoms. The highest BCUT2D eigenvalue weighted by Gasteiger charge is 2.20. The van der Waals surface area contributed by atoms with Crippen LogP contribution >= 0.6 is 0 Å². The van der Waals surface area contributed by atoms with Gasteiger partial charge in [0.25, 0.3) is 0 Å². The van der Waals surface area contributed by atoms with Crippen molar-refractivity contribution >= 4 is 0 Å². The number of ether oxygens (including phenoxy) is 1. The smallest absolute Gasteiger partial charge is 0.250 e. The molecule has 0 radical (unpaired) electrons. The van der Waals surface area contributed by atoms with Crippen molar-refractivity contribution in [3.05, 3.63) is 42.0 Å². The van der Waals surface area contributed by atoms with Crippen LogP contribution in [-0.4, -0.2) is 31.6 Å². The van der Waals surface area contributed by atoms with Crippen LogP contribution in [0.2, 0.25) is 0 Å². The molecule has 0 amide bonds.